The molecular weight excluding hydrogens is 344 g/mol. The van der Waals surface area contributed by atoms with Crippen LogP contribution in [-0.4, -0.2) is 41.3 Å². The van der Waals surface area contributed by atoms with Gasteiger partial charge in [-0.15, -0.1) is 0 Å². The number of nitrogens with zero attached hydrogens (tertiary/aromatic N) is 2. The standard InChI is InChI=1S/C18H19F2N3O3/c1-9-7-22(5-4-21-9)16-13(19)6-11-15(14(16)20)23(10-2-3-10)8-12(17(11)24)18(25)26/h6,8-10,21H,2-5,7H2,1H3,(H,25,26)/t9-/m0/s1. The summed E-state index contributed by atoms with van der Waals surface area (Å²) in [6.45, 7) is 3.43. The molecule has 8 heteroatoms. The Hall–Kier alpha value is -2.48. The smallest absolute Gasteiger partial charge is 0.341 e. The molecule has 138 valence electrons. The summed E-state index contributed by atoms with van der Waals surface area (Å²) >= 11 is 0. The molecule has 2 heterocycles. The average Bonchev–Trinajstić information content (AvgIpc) is 3.40. The molecule has 0 unspecified atom stereocenters. The number of aromatic nitrogens is 1. The van der Waals surface area contributed by atoms with Gasteiger partial charge in [0.15, 0.2) is 5.82 Å². The molecule has 1 aliphatic carbocycles. The van der Waals surface area contributed by atoms with Crippen LogP contribution in [0.15, 0.2) is 17.1 Å². The van der Waals surface area contributed by atoms with E-state index in [9.17, 15) is 19.1 Å². The van der Waals surface area contributed by atoms with E-state index in [1.54, 1.807) is 4.90 Å². The van der Waals surface area contributed by atoms with Crippen molar-refractivity contribution in [3.8, 4) is 0 Å². The van der Waals surface area contributed by atoms with Gasteiger partial charge < -0.3 is 19.9 Å². The second-order valence-corrected chi connectivity index (χ2v) is 7.03. The monoisotopic (exact) mass is 363 g/mol. The summed E-state index contributed by atoms with van der Waals surface area (Å²) in [6, 6.07) is 0.998. The number of hydrogen-bond donors (Lipinski definition) is 2. The fourth-order valence-electron chi connectivity index (χ4n) is 3.65. The van der Waals surface area contributed by atoms with E-state index >= 15 is 4.39 Å². The maximum Gasteiger partial charge on any atom is 0.341 e. The Morgan fingerprint density at radius 3 is 2.69 bits per heavy atom. The lowest BCUT2D eigenvalue weighted by Gasteiger charge is -2.34. The summed E-state index contributed by atoms with van der Waals surface area (Å²) in [5, 5.41) is 12.3. The molecule has 2 aromatic rings. The highest BCUT2D eigenvalue weighted by molar-refractivity contribution is 5.94. The van der Waals surface area contributed by atoms with Crippen molar-refractivity contribution < 1.29 is 18.7 Å². The minimum atomic E-state index is -1.40. The van der Waals surface area contributed by atoms with Crippen molar-refractivity contribution in [2.24, 2.45) is 0 Å². The van der Waals surface area contributed by atoms with Crippen LogP contribution in [0.4, 0.5) is 14.5 Å². The van der Waals surface area contributed by atoms with Crippen molar-refractivity contribution in [1.82, 2.24) is 9.88 Å². The highest BCUT2D eigenvalue weighted by Gasteiger charge is 2.31. The van der Waals surface area contributed by atoms with E-state index in [0.29, 0.717) is 19.6 Å². The van der Waals surface area contributed by atoms with Gasteiger partial charge in [-0.3, -0.25) is 4.79 Å². The summed E-state index contributed by atoms with van der Waals surface area (Å²) in [6.07, 6.45) is 2.73. The van der Waals surface area contributed by atoms with Crippen molar-refractivity contribution in [3.05, 3.63) is 39.7 Å². The third-order valence-electron chi connectivity index (χ3n) is 5.04. The van der Waals surface area contributed by atoms with Crippen molar-refractivity contribution in [1.29, 1.82) is 0 Å². The summed E-state index contributed by atoms with van der Waals surface area (Å²) in [5.74, 6) is -3.03. The van der Waals surface area contributed by atoms with Crippen LogP contribution in [0.25, 0.3) is 10.9 Å². The molecule has 1 aromatic carbocycles. The predicted octanol–water partition coefficient (Wildman–Crippen LogP) is 2.11. The Morgan fingerprint density at radius 1 is 1.35 bits per heavy atom. The molecule has 2 N–H and O–H groups in total. The van der Waals surface area contributed by atoms with E-state index in [2.05, 4.69) is 5.32 Å². The van der Waals surface area contributed by atoms with E-state index < -0.39 is 28.6 Å². The molecule has 1 aliphatic heterocycles. The Labute approximate surface area is 148 Å². The fourth-order valence-corrected chi connectivity index (χ4v) is 3.65. The molecule has 4 rings (SSSR count). The van der Waals surface area contributed by atoms with E-state index in [4.69, 9.17) is 0 Å². The second kappa shape index (κ2) is 6.05. The molecule has 26 heavy (non-hydrogen) atoms. The number of carboxylic acid groups (broad SMARTS) is 1. The third-order valence-corrected chi connectivity index (χ3v) is 5.04. The Kier molecular flexibility index (Phi) is 3.95. The van der Waals surface area contributed by atoms with Crippen LogP contribution in [0.1, 0.15) is 36.2 Å². The van der Waals surface area contributed by atoms with E-state index in [-0.39, 0.29) is 28.7 Å². The van der Waals surface area contributed by atoms with Gasteiger partial charge in [0.25, 0.3) is 0 Å². The van der Waals surface area contributed by atoms with Gasteiger partial charge in [-0.1, -0.05) is 0 Å². The molecule has 1 atom stereocenters. The maximum absolute atomic E-state index is 15.4. The topological polar surface area (TPSA) is 74.6 Å². The second-order valence-electron chi connectivity index (χ2n) is 7.03. The summed E-state index contributed by atoms with van der Waals surface area (Å²) < 4.78 is 31.6. The summed E-state index contributed by atoms with van der Waals surface area (Å²) in [5.41, 5.74) is -1.48. The Morgan fingerprint density at radius 2 is 2.08 bits per heavy atom. The number of aromatic carboxylic acids is 1. The zero-order valence-corrected chi connectivity index (χ0v) is 14.3. The highest BCUT2D eigenvalue weighted by Crippen LogP contribution is 2.39. The molecule has 2 fully saturated rings. The number of piperazine rings is 1. The van der Waals surface area contributed by atoms with Crippen LogP contribution in [-0.2, 0) is 0 Å². The molecule has 0 radical (unpaired) electrons. The fraction of sp³-hybridized carbons (Fsp3) is 0.444. The number of hydrogen-bond acceptors (Lipinski definition) is 4. The van der Waals surface area contributed by atoms with Gasteiger partial charge in [0.05, 0.1) is 10.9 Å². The summed E-state index contributed by atoms with van der Waals surface area (Å²) in [7, 11) is 0. The molecule has 0 bridgehead atoms. The van der Waals surface area contributed by atoms with Crippen LogP contribution in [0.3, 0.4) is 0 Å². The lowest BCUT2D eigenvalue weighted by atomic mass is 10.1. The lowest BCUT2D eigenvalue weighted by molar-refractivity contribution is 0.0695. The number of rotatable bonds is 3. The van der Waals surface area contributed by atoms with Crippen LogP contribution >= 0.6 is 0 Å². The number of nitrogens with one attached hydrogen (secondary N) is 1. The number of halogens is 2. The normalized spacial score (nSPS) is 20.6. The van der Waals surface area contributed by atoms with Gasteiger partial charge in [-0.2, -0.15) is 0 Å². The van der Waals surface area contributed by atoms with Crippen molar-refractivity contribution >= 4 is 22.6 Å². The number of carboxylic acids is 1. The molecule has 1 saturated carbocycles. The van der Waals surface area contributed by atoms with Crippen LogP contribution in [0.5, 0.6) is 0 Å². The zero-order valence-electron chi connectivity index (χ0n) is 14.3. The maximum atomic E-state index is 15.4. The molecule has 1 aromatic heterocycles. The average molecular weight is 363 g/mol. The van der Waals surface area contributed by atoms with E-state index in [0.717, 1.165) is 18.9 Å². The quantitative estimate of drug-likeness (QED) is 0.874. The van der Waals surface area contributed by atoms with Gasteiger partial charge in [0, 0.05) is 37.9 Å². The van der Waals surface area contributed by atoms with Gasteiger partial charge in [-0.05, 0) is 25.8 Å². The Balaban J connectivity index is 2.00. The van der Waals surface area contributed by atoms with Crippen molar-refractivity contribution in [2.75, 3.05) is 24.5 Å². The van der Waals surface area contributed by atoms with Crippen molar-refractivity contribution in [3.63, 3.8) is 0 Å². The largest absolute Gasteiger partial charge is 0.477 e. The predicted molar refractivity (Wildman–Crippen MR) is 93.0 cm³/mol. The zero-order chi connectivity index (χ0) is 18.6. The first kappa shape index (κ1) is 17.0. The molecule has 0 spiro atoms. The SMILES string of the molecule is C[C@H]1CN(c2c(F)cc3c(=O)c(C(=O)O)cn(C4CC4)c3c2F)CCN1. The first-order chi connectivity index (χ1) is 12.4. The molecule has 6 nitrogen and oxygen atoms in total. The van der Waals surface area contributed by atoms with Crippen LogP contribution < -0.4 is 15.6 Å². The number of pyridine rings is 1. The number of anilines is 1. The number of carbonyl (C=O) groups is 1. The summed E-state index contributed by atoms with van der Waals surface area (Å²) in [4.78, 5) is 25.5. The van der Waals surface area contributed by atoms with Gasteiger partial charge in [-0.25, -0.2) is 13.6 Å². The first-order valence-corrected chi connectivity index (χ1v) is 8.67. The van der Waals surface area contributed by atoms with Gasteiger partial charge in [0.2, 0.25) is 5.43 Å². The first-order valence-electron chi connectivity index (χ1n) is 8.67. The molecule has 0 amide bonds. The molecular formula is C18H19F2N3O3. The van der Waals surface area contributed by atoms with Gasteiger partial charge >= 0.3 is 5.97 Å². The van der Waals surface area contributed by atoms with Gasteiger partial charge in [0.1, 0.15) is 17.1 Å². The van der Waals surface area contributed by atoms with Crippen LogP contribution in [0.2, 0.25) is 0 Å². The molecule has 2 aliphatic rings. The Bertz CT molecular complexity index is 969. The molecule has 1 saturated heterocycles. The van der Waals surface area contributed by atoms with Crippen molar-refractivity contribution in [2.45, 2.75) is 31.8 Å². The van der Waals surface area contributed by atoms with Crippen LogP contribution in [0, 0.1) is 11.6 Å². The minimum Gasteiger partial charge on any atom is -0.477 e. The minimum absolute atomic E-state index is 0.00918. The third kappa shape index (κ3) is 2.65. The number of fused-ring (bicyclic) bond motifs is 1. The number of benzene rings is 1. The lowest BCUT2D eigenvalue weighted by Crippen LogP contribution is -2.49. The van der Waals surface area contributed by atoms with E-state index in [1.807, 2.05) is 6.92 Å². The highest BCUT2D eigenvalue weighted by atomic mass is 19.1. The van der Waals surface area contributed by atoms with E-state index in [1.165, 1.54) is 10.8 Å².